The molecule has 1 fully saturated rings. The van der Waals surface area contributed by atoms with Crippen molar-refractivity contribution in [1.82, 2.24) is 9.58 Å². The molecule has 24 heavy (non-hydrogen) atoms. The van der Waals surface area contributed by atoms with E-state index in [1.807, 2.05) is 0 Å². The highest BCUT2D eigenvalue weighted by molar-refractivity contribution is 5.96. The van der Waals surface area contributed by atoms with E-state index in [9.17, 15) is 14.4 Å². The van der Waals surface area contributed by atoms with Crippen LogP contribution in [0.3, 0.4) is 0 Å². The van der Waals surface area contributed by atoms with Crippen LogP contribution in [0.25, 0.3) is 0 Å². The third kappa shape index (κ3) is 2.89. The SMILES string of the molecule is COC(=O)OCOc1c2n(ccc1=O)N[C@@H]1C[C@H](C)CCN1C2=O. The van der Waals surface area contributed by atoms with Crippen LogP contribution in [-0.4, -0.2) is 48.3 Å². The van der Waals surface area contributed by atoms with Crippen LogP contribution in [0.15, 0.2) is 17.1 Å². The molecule has 3 heterocycles. The van der Waals surface area contributed by atoms with Crippen molar-refractivity contribution in [3.05, 3.63) is 28.2 Å². The maximum absolute atomic E-state index is 12.8. The molecule has 0 aromatic carbocycles. The summed E-state index contributed by atoms with van der Waals surface area (Å²) < 4.78 is 15.7. The first-order chi connectivity index (χ1) is 11.5. The second-order valence-electron chi connectivity index (χ2n) is 5.86. The van der Waals surface area contributed by atoms with E-state index in [1.54, 1.807) is 4.90 Å². The van der Waals surface area contributed by atoms with Gasteiger partial charge in [-0.3, -0.25) is 14.3 Å². The van der Waals surface area contributed by atoms with Crippen molar-refractivity contribution < 1.29 is 23.8 Å². The van der Waals surface area contributed by atoms with Crippen molar-refractivity contribution in [2.45, 2.75) is 25.9 Å². The summed E-state index contributed by atoms with van der Waals surface area (Å²) >= 11 is 0. The van der Waals surface area contributed by atoms with Gasteiger partial charge >= 0.3 is 6.16 Å². The number of hydrogen-bond donors (Lipinski definition) is 1. The number of ether oxygens (including phenoxy) is 3. The Balaban J connectivity index is 1.87. The van der Waals surface area contributed by atoms with Gasteiger partial charge in [0, 0.05) is 18.8 Å². The molecule has 0 saturated carbocycles. The first kappa shape index (κ1) is 16.2. The highest BCUT2D eigenvalue weighted by atomic mass is 16.8. The minimum atomic E-state index is -0.936. The smallest absolute Gasteiger partial charge is 0.451 e. The van der Waals surface area contributed by atoms with Crippen molar-refractivity contribution in [1.29, 1.82) is 0 Å². The second kappa shape index (κ2) is 6.42. The van der Waals surface area contributed by atoms with Crippen LogP contribution in [0, 0.1) is 5.92 Å². The Bertz CT molecular complexity index is 716. The Morgan fingerprint density at radius 3 is 2.96 bits per heavy atom. The van der Waals surface area contributed by atoms with Gasteiger partial charge in [-0.1, -0.05) is 6.92 Å². The van der Waals surface area contributed by atoms with E-state index in [1.165, 1.54) is 16.9 Å². The Hall–Kier alpha value is -2.71. The topological polar surface area (TPSA) is 99.1 Å². The Kier molecular flexibility index (Phi) is 4.32. The van der Waals surface area contributed by atoms with Crippen LogP contribution in [-0.2, 0) is 9.47 Å². The number of nitrogens with one attached hydrogen (secondary N) is 1. The molecule has 0 unspecified atom stereocenters. The fourth-order valence-corrected chi connectivity index (χ4v) is 2.96. The molecular formula is C15H19N3O6. The predicted molar refractivity (Wildman–Crippen MR) is 82.3 cm³/mol. The van der Waals surface area contributed by atoms with Crippen LogP contribution in [0.4, 0.5) is 4.79 Å². The molecule has 0 bridgehead atoms. The van der Waals surface area contributed by atoms with Crippen molar-refractivity contribution in [3.8, 4) is 5.75 Å². The summed E-state index contributed by atoms with van der Waals surface area (Å²) in [4.78, 5) is 37.5. The van der Waals surface area contributed by atoms with E-state index in [2.05, 4.69) is 21.8 Å². The number of piperidine rings is 1. The lowest BCUT2D eigenvalue weighted by Gasteiger charge is -2.43. The monoisotopic (exact) mass is 337 g/mol. The molecule has 1 aromatic rings. The summed E-state index contributed by atoms with van der Waals surface area (Å²) in [5.74, 6) is 0.0732. The number of nitrogens with zero attached hydrogens (tertiary/aromatic N) is 2. The summed E-state index contributed by atoms with van der Waals surface area (Å²) in [6, 6.07) is 1.29. The number of aromatic nitrogens is 1. The number of carbonyl (C=O) groups excluding carboxylic acids is 2. The summed E-state index contributed by atoms with van der Waals surface area (Å²) in [7, 11) is 1.16. The number of hydrogen-bond acceptors (Lipinski definition) is 7. The van der Waals surface area contributed by atoms with E-state index >= 15 is 0 Å². The minimum absolute atomic E-state index is 0.0989. The van der Waals surface area contributed by atoms with Crippen LogP contribution in [0.1, 0.15) is 30.3 Å². The third-order valence-corrected chi connectivity index (χ3v) is 4.22. The minimum Gasteiger partial charge on any atom is -0.451 e. The zero-order valence-electron chi connectivity index (χ0n) is 13.5. The lowest BCUT2D eigenvalue weighted by Crippen LogP contribution is -2.57. The maximum Gasteiger partial charge on any atom is 0.510 e. The standard InChI is InChI=1S/C15H19N3O6/c1-9-3-5-17-11(7-9)16-18-6-4-10(19)13(12(18)14(17)20)23-8-24-15(21)22-2/h4,6,9,11,16H,3,5,7-8H2,1-2H3/t9-,11+/m1/s1. The molecule has 1 saturated heterocycles. The molecule has 3 rings (SSSR count). The van der Waals surface area contributed by atoms with Gasteiger partial charge in [0.05, 0.1) is 7.11 Å². The van der Waals surface area contributed by atoms with E-state index in [-0.39, 0.29) is 23.5 Å². The van der Waals surface area contributed by atoms with E-state index in [0.29, 0.717) is 12.5 Å². The fraction of sp³-hybridized carbons (Fsp3) is 0.533. The molecule has 9 heteroatoms. The first-order valence-corrected chi connectivity index (χ1v) is 7.68. The molecule has 130 valence electrons. The maximum atomic E-state index is 12.8. The number of fused-ring (bicyclic) bond motifs is 2. The lowest BCUT2D eigenvalue weighted by atomic mass is 9.95. The van der Waals surface area contributed by atoms with Gasteiger partial charge < -0.3 is 24.5 Å². The highest BCUT2D eigenvalue weighted by Crippen LogP contribution is 2.28. The molecule has 0 radical (unpaired) electrons. The molecule has 0 spiro atoms. The number of amides is 1. The van der Waals surface area contributed by atoms with Gasteiger partial charge in [0.2, 0.25) is 18.0 Å². The van der Waals surface area contributed by atoms with Crippen molar-refractivity contribution in [3.63, 3.8) is 0 Å². The van der Waals surface area contributed by atoms with Crippen molar-refractivity contribution in [2.75, 3.05) is 25.9 Å². The molecule has 9 nitrogen and oxygen atoms in total. The van der Waals surface area contributed by atoms with Crippen LogP contribution in [0.5, 0.6) is 5.75 Å². The van der Waals surface area contributed by atoms with Gasteiger partial charge in [-0.2, -0.15) is 0 Å². The van der Waals surface area contributed by atoms with Crippen LogP contribution in [0.2, 0.25) is 0 Å². The summed E-state index contributed by atoms with van der Waals surface area (Å²) in [5, 5.41) is 0. The summed E-state index contributed by atoms with van der Waals surface area (Å²) in [6.07, 6.45) is 2.19. The van der Waals surface area contributed by atoms with Crippen LogP contribution < -0.4 is 15.6 Å². The highest BCUT2D eigenvalue weighted by Gasteiger charge is 2.38. The van der Waals surface area contributed by atoms with Crippen molar-refractivity contribution >= 4 is 12.1 Å². The second-order valence-corrected chi connectivity index (χ2v) is 5.86. The molecule has 0 aliphatic carbocycles. The zero-order chi connectivity index (χ0) is 17.3. The van der Waals surface area contributed by atoms with Crippen molar-refractivity contribution in [2.24, 2.45) is 5.92 Å². The summed E-state index contributed by atoms with van der Waals surface area (Å²) in [5.41, 5.74) is 2.84. The molecule has 2 aliphatic heterocycles. The molecular weight excluding hydrogens is 318 g/mol. The number of pyridine rings is 1. The quantitative estimate of drug-likeness (QED) is 0.641. The Morgan fingerprint density at radius 2 is 2.21 bits per heavy atom. The Labute approximate surface area is 138 Å². The van der Waals surface area contributed by atoms with Gasteiger partial charge in [0.15, 0.2) is 5.69 Å². The predicted octanol–water partition coefficient (Wildman–Crippen LogP) is 0.723. The van der Waals surface area contributed by atoms with Gasteiger partial charge in [-0.05, 0) is 18.8 Å². The Morgan fingerprint density at radius 1 is 1.42 bits per heavy atom. The molecule has 1 N–H and O–H groups in total. The van der Waals surface area contributed by atoms with Gasteiger partial charge in [0.25, 0.3) is 5.91 Å². The molecule has 2 aliphatic rings. The van der Waals surface area contributed by atoms with E-state index < -0.39 is 18.4 Å². The third-order valence-electron chi connectivity index (χ3n) is 4.22. The first-order valence-electron chi connectivity index (χ1n) is 7.68. The molecule has 2 atom stereocenters. The zero-order valence-corrected chi connectivity index (χ0v) is 13.5. The molecule has 1 amide bonds. The largest absolute Gasteiger partial charge is 0.510 e. The van der Waals surface area contributed by atoms with Gasteiger partial charge in [-0.15, -0.1) is 0 Å². The van der Waals surface area contributed by atoms with Gasteiger partial charge in [-0.25, -0.2) is 4.79 Å². The summed E-state index contributed by atoms with van der Waals surface area (Å²) in [6.45, 7) is 2.23. The normalized spacial score (nSPS) is 22.1. The molecule has 1 aromatic heterocycles. The van der Waals surface area contributed by atoms with Crippen LogP contribution >= 0.6 is 0 Å². The number of carbonyl (C=O) groups is 2. The number of rotatable bonds is 3. The van der Waals surface area contributed by atoms with Gasteiger partial charge in [0.1, 0.15) is 6.17 Å². The number of methoxy groups -OCH3 is 1. The van der Waals surface area contributed by atoms with E-state index in [4.69, 9.17) is 4.74 Å². The average molecular weight is 337 g/mol. The fourth-order valence-electron chi connectivity index (χ4n) is 2.96. The lowest BCUT2D eigenvalue weighted by molar-refractivity contribution is 0.0132. The average Bonchev–Trinajstić information content (AvgIpc) is 2.56. The van der Waals surface area contributed by atoms with E-state index in [0.717, 1.165) is 20.0 Å².